The molecule has 0 bridgehead atoms. The summed E-state index contributed by atoms with van der Waals surface area (Å²) in [7, 11) is 0. The second-order valence-corrected chi connectivity index (χ2v) is 13.5. The van der Waals surface area contributed by atoms with Crippen molar-refractivity contribution < 1.29 is 19.1 Å². The van der Waals surface area contributed by atoms with Gasteiger partial charge >= 0.3 is 0 Å². The number of nitrogens with zero attached hydrogens (tertiary/aromatic N) is 2. The van der Waals surface area contributed by atoms with Crippen LogP contribution in [0.4, 0.5) is 11.4 Å². The molecular formula is C34H37Cl3N4O4. The number of hydrazone groups is 1. The Morgan fingerprint density at radius 3 is 2.22 bits per heavy atom. The summed E-state index contributed by atoms with van der Waals surface area (Å²) in [6, 6.07) is 15.6. The van der Waals surface area contributed by atoms with E-state index in [-0.39, 0.29) is 56.9 Å². The van der Waals surface area contributed by atoms with Gasteiger partial charge in [-0.05, 0) is 71.2 Å². The van der Waals surface area contributed by atoms with Crippen molar-refractivity contribution in [1.29, 1.82) is 0 Å². The molecule has 0 fully saturated rings. The Balaban J connectivity index is 1.44. The number of hydrogen-bond donors (Lipinski definition) is 2. The highest BCUT2D eigenvalue weighted by Gasteiger charge is 2.30. The van der Waals surface area contributed by atoms with Crippen LogP contribution in [-0.4, -0.2) is 30.2 Å². The van der Waals surface area contributed by atoms with Crippen molar-refractivity contribution in [3.8, 4) is 5.75 Å². The number of amides is 3. The summed E-state index contributed by atoms with van der Waals surface area (Å²) in [6.07, 6.45) is 1.70. The molecule has 0 saturated carbocycles. The van der Waals surface area contributed by atoms with Crippen molar-refractivity contribution in [3.05, 3.63) is 86.4 Å². The Bertz CT molecular complexity index is 1650. The van der Waals surface area contributed by atoms with Gasteiger partial charge in [-0.2, -0.15) is 10.1 Å². The van der Waals surface area contributed by atoms with Gasteiger partial charge in [-0.15, -0.1) is 0 Å². The van der Waals surface area contributed by atoms with Gasteiger partial charge in [0, 0.05) is 16.3 Å². The van der Waals surface area contributed by atoms with Gasteiger partial charge in [0.15, 0.2) is 6.61 Å². The van der Waals surface area contributed by atoms with Gasteiger partial charge in [0.25, 0.3) is 17.7 Å². The van der Waals surface area contributed by atoms with Gasteiger partial charge in [0.2, 0.25) is 0 Å². The van der Waals surface area contributed by atoms with Crippen LogP contribution in [-0.2, 0) is 20.4 Å². The minimum absolute atomic E-state index is 0.0398. The Labute approximate surface area is 279 Å². The van der Waals surface area contributed by atoms with Crippen molar-refractivity contribution in [2.75, 3.05) is 16.9 Å². The Kier molecular flexibility index (Phi) is 10.5. The third-order valence-electron chi connectivity index (χ3n) is 8.25. The van der Waals surface area contributed by atoms with Gasteiger partial charge in [-0.1, -0.05) is 94.5 Å². The van der Waals surface area contributed by atoms with Crippen molar-refractivity contribution in [2.24, 2.45) is 5.10 Å². The summed E-state index contributed by atoms with van der Waals surface area (Å²) in [5.74, 6) is -0.496. The van der Waals surface area contributed by atoms with E-state index in [4.69, 9.17) is 39.5 Å². The maximum Gasteiger partial charge on any atom is 0.262 e. The molecule has 11 heteroatoms. The van der Waals surface area contributed by atoms with Gasteiger partial charge < -0.3 is 15.4 Å². The fourth-order valence-electron chi connectivity index (χ4n) is 4.71. The molecule has 238 valence electrons. The summed E-state index contributed by atoms with van der Waals surface area (Å²) < 4.78 is 6.12. The van der Waals surface area contributed by atoms with Crippen LogP contribution < -0.4 is 20.4 Å². The van der Waals surface area contributed by atoms with E-state index >= 15 is 0 Å². The van der Waals surface area contributed by atoms with E-state index in [1.165, 1.54) is 18.2 Å². The monoisotopic (exact) mass is 670 g/mol. The lowest BCUT2D eigenvalue weighted by Gasteiger charge is -2.29. The molecule has 1 heterocycles. The molecule has 45 heavy (non-hydrogen) atoms. The topological polar surface area (TPSA) is 100 Å². The van der Waals surface area contributed by atoms with E-state index in [0.717, 1.165) is 29.0 Å². The highest BCUT2D eigenvalue weighted by atomic mass is 35.5. The van der Waals surface area contributed by atoms with E-state index in [9.17, 15) is 14.4 Å². The molecule has 1 aliphatic heterocycles. The largest absolute Gasteiger partial charge is 0.483 e. The number of rotatable bonds is 10. The first kappa shape index (κ1) is 34.3. The molecule has 0 spiro atoms. The predicted molar refractivity (Wildman–Crippen MR) is 182 cm³/mol. The van der Waals surface area contributed by atoms with Crippen LogP contribution in [0.1, 0.15) is 82.3 Å². The summed E-state index contributed by atoms with van der Waals surface area (Å²) in [4.78, 5) is 38.7. The molecule has 3 aromatic carbocycles. The van der Waals surface area contributed by atoms with Crippen LogP contribution in [0.2, 0.25) is 15.1 Å². The molecule has 3 amide bonds. The zero-order valence-electron chi connectivity index (χ0n) is 26.2. The highest BCUT2D eigenvalue weighted by molar-refractivity contribution is 6.42. The normalized spacial score (nSPS) is 13.5. The average Bonchev–Trinajstić information content (AvgIpc) is 3.34. The van der Waals surface area contributed by atoms with Crippen LogP contribution >= 0.6 is 34.8 Å². The molecule has 1 aliphatic rings. The molecule has 0 atom stereocenters. The number of carbonyl (C=O) groups is 3. The molecule has 0 aliphatic carbocycles. The van der Waals surface area contributed by atoms with Crippen LogP contribution in [0.3, 0.4) is 0 Å². The van der Waals surface area contributed by atoms with E-state index in [1.54, 1.807) is 18.2 Å². The SMILES string of the molecule is CCC(C)(C)c1ccc(C(C)(C)CC)c(OCC(=O)Nc2cccc(C(=O)NC3=NN(c4c(Cl)cc(Cl)cc4Cl)C(=O)C3)c2)c1. The summed E-state index contributed by atoms with van der Waals surface area (Å²) >= 11 is 18.5. The lowest BCUT2D eigenvalue weighted by Crippen LogP contribution is -2.30. The quantitative estimate of drug-likeness (QED) is 0.226. The van der Waals surface area contributed by atoms with Crippen LogP contribution in [0.15, 0.2) is 59.7 Å². The van der Waals surface area contributed by atoms with Crippen LogP contribution in [0.25, 0.3) is 0 Å². The first-order valence-electron chi connectivity index (χ1n) is 14.7. The van der Waals surface area contributed by atoms with Crippen LogP contribution in [0.5, 0.6) is 5.75 Å². The summed E-state index contributed by atoms with van der Waals surface area (Å²) in [5.41, 5.74) is 2.85. The first-order chi connectivity index (χ1) is 21.1. The second kappa shape index (κ2) is 13.8. The fourth-order valence-corrected chi connectivity index (χ4v) is 5.69. The van der Waals surface area contributed by atoms with Crippen molar-refractivity contribution >= 4 is 69.7 Å². The van der Waals surface area contributed by atoms with Crippen molar-refractivity contribution in [3.63, 3.8) is 0 Å². The number of halogens is 3. The number of nitrogens with one attached hydrogen (secondary N) is 2. The highest BCUT2D eigenvalue weighted by Crippen LogP contribution is 2.39. The zero-order chi connectivity index (χ0) is 33.1. The minimum Gasteiger partial charge on any atom is -0.483 e. The van der Waals surface area contributed by atoms with Crippen molar-refractivity contribution in [2.45, 2.75) is 71.6 Å². The number of hydrogen-bond acceptors (Lipinski definition) is 5. The van der Waals surface area contributed by atoms with Gasteiger partial charge in [0.05, 0.1) is 16.5 Å². The number of carbonyl (C=O) groups excluding carboxylic acids is 3. The maximum absolute atomic E-state index is 13.0. The molecule has 0 unspecified atom stereocenters. The third kappa shape index (κ3) is 7.98. The molecule has 4 rings (SSSR count). The minimum atomic E-state index is -0.508. The van der Waals surface area contributed by atoms with E-state index in [1.807, 2.05) is 6.07 Å². The Hall–Kier alpha value is -3.59. The lowest BCUT2D eigenvalue weighted by molar-refractivity contribution is -0.118. The number of benzene rings is 3. The third-order valence-corrected chi connectivity index (χ3v) is 9.05. The van der Waals surface area contributed by atoms with E-state index in [0.29, 0.717) is 16.5 Å². The molecular weight excluding hydrogens is 635 g/mol. The maximum atomic E-state index is 13.0. The first-order valence-corrected chi connectivity index (χ1v) is 15.8. The average molecular weight is 672 g/mol. The smallest absolute Gasteiger partial charge is 0.262 e. The van der Waals surface area contributed by atoms with Gasteiger partial charge in [0.1, 0.15) is 17.3 Å². The standard InChI is InChI=1S/C34H37Cl3N4O4/c1-7-33(3,4)21-12-13-24(34(5,6)8-2)27(15-21)45-19-29(42)38-23-11-9-10-20(14-23)32(44)39-28-18-30(43)41(40-28)31-25(36)16-22(35)17-26(31)37/h9-17H,7-8,18-19H2,1-6H3,(H,38,42)(H,39,40,44). The Morgan fingerprint density at radius 1 is 0.911 bits per heavy atom. The molecule has 0 saturated heterocycles. The predicted octanol–water partition coefficient (Wildman–Crippen LogP) is 8.52. The fraction of sp³-hybridized carbons (Fsp3) is 0.353. The number of amidine groups is 1. The molecule has 0 radical (unpaired) electrons. The van der Waals surface area contributed by atoms with Crippen molar-refractivity contribution in [1.82, 2.24) is 5.32 Å². The molecule has 0 aromatic heterocycles. The van der Waals surface area contributed by atoms with E-state index in [2.05, 4.69) is 69.4 Å². The zero-order valence-corrected chi connectivity index (χ0v) is 28.5. The summed E-state index contributed by atoms with van der Waals surface area (Å²) in [6.45, 7) is 12.8. The van der Waals surface area contributed by atoms with E-state index < -0.39 is 11.8 Å². The number of ether oxygens (including phenoxy) is 1. The molecule has 8 nitrogen and oxygen atoms in total. The van der Waals surface area contributed by atoms with Gasteiger partial charge in [-0.25, -0.2) is 0 Å². The number of anilines is 2. The van der Waals surface area contributed by atoms with Gasteiger partial charge in [-0.3, -0.25) is 14.4 Å². The van der Waals surface area contributed by atoms with Crippen LogP contribution in [0, 0.1) is 0 Å². The summed E-state index contributed by atoms with van der Waals surface area (Å²) in [5, 5.41) is 11.3. The Morgan fingerprint density at radius 2 is 1.58 bits per heavy atom. The molecule has 2 N–H and O–H groups in total. The lowest BCUT2D eigenvalue weighted by atomic mass is 9.77. The molecule has 3 aromatic rings. The second-order valence-electron chi connectivity index (χ2n) is 12.2.